The van der Waals surface area contributed by atoms with E-state index in [9.17, 15) is 4.39 Å². The van der Waals surface area contributed by atoms with E-state index in [0.29, 0.717) is 22.5 Å². The maximum Gasteiger partial charge on any atom is 0.143 e. The molecular weight excluding hydrogens is 305 g/mol. The van der Waals surface area contributed by atoms with Crippen LogP contribution < -0.4 is 10.5 Å². The third-order valence-corrected chi connectivity index (χ3v) is 3.78. The number of rotatable bonds is 4. The Morgan fingerprint density at radius 3 is 2.94 bits per heavy atom. The van der Waals surface area contributed by atoms with E-state index in [0.717, 1.165) is 6.42 Å². The molecule has 0 unspecified atom stereocenters. The highest BCUT2D eigenvalue weighted by Gasteiger charge is 2.07. The number of nitrogen functional groups attached to an aromatic ring is 1. The highest BCUT2D eigenvalue weighted by Crippen LogP contribution is 2.28. The Hall–Kier alpha value is -1.07. The lowest BCUT2D eigenvalue weighted by molar-refractivity contribution is 0.324. The van der Waals surface area contributed by atoms with Crippen molar-refractivity contribution in [1.82, 2.24) is 0 Å². The number of hydrogen-bond acceptors (Lipinski definition) is 3. The zero-order valence-corrected chi connectivity index (χ0v) is 11.4. The number of thiophene rings is 1. The van der Waals surface area contributed by atoms with Crippen molar-refractivity contribution < 1.29 is 9.13 Å². The topological polar surface area (TPSA) is 35.2 Å². The first-order chi connectivity index (χ1) is 8.16. The van der Waals surface area contributed by atoms with Gasteiger partial charge in [0.25, 0.3) is 0 Å². The van der Waals surface area contributed by atoms with Gasteiger partial charge in [-0.15, -0.1) is 11.3 Å². The maximum absolute atomic E-state index is 13.1. The molecule has 0 aliphatic rings. The molecule has 5 heteroatoms. The van der Waals surface area contributed by atoms with E-state index >= 15 is 0 Å². The van der Waals surface area contributed by atoms with Crippen molar-refractivity contribution in [3.8, 4) is 5.75 Å². The van der Waals surface area contributed by atoms with Crippen molar-refractivity contribution in [1.29, 1.82) is 0 Å². The summed E-state index contributed by atoms with van der Waals surface area (Å²) in [6, 6.07) is 6.87. The van der Waals surface area contributed by atoms with Gasteiger partial charge < -0.3 is 10.5 Å². The Balaban J connectivity index is 1.97. The third kappa shape index (κ3) is 3.20. The summed E-state index contributed by atoms with van der Waals surface area (Å²) >= 11 is 4.79. The fraction of sp³-hybridized carbons (Fsp3) is 0.167. The normalized spacial score (nSPS) is 10.5. The molecule has 0 spiro atoms. The second kappa shape index (κ2) is 5.51. The summed E-state index contributed by atoms with van der Waals surface area (Å²) < 4.78 is 19.0. The van der Waals surface area contributed by atoms with Gasteiger partial charge in [0.05, 0.1) is 16.8 Å². The number of benzene rings is 1. The molecule has 0 atom stereocenters. The molecule has 0 aliphatic carbocycles. The average Bonchev–Trinajstić information content (AvgIpc) is 2.78. The first kappa shape index (κ1) is 12.4. The van der Waals surface area contributed by atoms with E-state index in [1.807, 2.05) is 11.4 Å². The largest absolute Gasteiger partial charge is 0.491 e. The third-order valence-electron chi connectivity index (χ3n) is 2.24. The van der Waals surface area contributed by atoms with Gasteiger partial charge in [-0.3, -0.25) is 0 Å². The molecule has 2 nitrogen and oxygen atoms in total. The molecule has 1 aromatic carbocycles. The van der Waals surface area contributed by atoms with Gasteiger partial charge in [0.15, 0.2) is 0 Å². The van der Waals surface area contributed by atoms with E-state index in [-0.39, 0.29) is 5.82 Å². The highest BCUT2D eigenvalue weighted by atomic mass is 79.9. The molecule has 1 heterocycles. The average molecular weight is 316 g/mol. The van der Waals surface area contributed by atoms with E-state index in [2.05, 4.69) is 22.0 Å². The lowest BCUT2D eigenvalue weighted by atomic mass is 10.3. The minimum absolute atomic E-state index is 0.317. The summed E-state index contributed by atoms with van der Waals surface area (Å²) in [6.07, 6.45) is 0.825. The SMILES string of the molecule is Nc1cc(F)c(Br)cc1OCCc1cccs1. The van der Waals surface area contributed by atoms with Crippen molar-refractivity contribution >= 4 is 33.0 Å². The second-order valence-electron chi connectivity index (χ2n) is 3.48. The van der Waals surface area contributed by atoms with Gasteiger partial charge in [0.2, 0.25) is 0 Å². The lowest BCUT2D eigenvalue weighted by Gasteiger charge is -2.09. The van der Waals surface area contributed by atoms with Gasteiger partial charge in [-0.1, -0.05) is 6.07 Å². The highest BCUT2D eigenvalue weighted by molar-refractivity contribution is 9.10. The molecular formula is C12H11BrFNOS. The zero-order chi connectivity index (χ0) is 12.3. The molecule has 0 aliphatic heterocycles. The monoisotopic (exact) mass is 315 g/mol. The zero-order valence-electron chi connectivity index (χ0n) is 8.95. The van der Waals surface area contributed by atoms with Crippen molar-refractivity contribution in [3.63, 3.8) is 0 Å². The van der Waals surface area contributed by atoms with Crippen LogP contribution in [0.1, 0.15) is 4.88 Å². The first-order valence-electron chi connectivity index (χ1n) is 5.06. The van der Waals surface area contributed by atoms with Crippen LogP contribution >= 0.6 is 27.3 Å². The minimum Gasteiger partial charge on any atom is -0.491 e. The predicted octanol–water partition coefficient (Wildman–Crippen LogP) is 3.85. The van der Waals surface area contributed by atoms with E-state index in [4.69, 9.17) is 10.5 Å². The summed E-state index contributed by atoms with van der Waals surface area (Å²) in [7, 11) is 0. The van der Waals surface area contributed by atoms with E-state index in [1.165, 1.54) is 10.9 Å². The van der Waals surface area contributed by atoms with Gasteiger partial charge in [-0.05, 0) is 33.4 Å². The van der Waals surface area contributed by atoms with Gasteiger partial charge in [-0.25, -0.2) is 4.39 Å². The van der Waals surface area contributed by atoms with Crippen molar-refractivity contribution in [3.05, 3.63) is 44.8 Å². The molecule has 1 aromatic heterocycles. The summed E-state index contributed by atoms with van der Waals surface area (Å²) in [4.78, 5) is 1.25. The Morgan fingerprint density at radius 2 is 2.24 bits per heavy atom. The molecule has 2 rings (SSSR count). The van der Waals surface area contributed by atoms with E-state index < -0.39 is 0 Å². The molecule has 0 amide bonds. The predicted molar refractivity (Wildman–Crippen MR) is 72.0 cm³/mol. The van der Waals surface area contributed by atoms with Crippen LogP contribution in [0.3, 0.4) is 0 Å². The number of hydrogen-bond donors (Lipinski definition) is 1. The summed E-state index contributed by atoms with van der Waals surface area (Å²) in [5.41, 5.74) is 5.98. The fourth-order valence-electron chi connectivity index (χ4n) is 1.39. The van der Waals surface area contributed by atoms with Crippen molar-refractivity contribution in [2.45, 2.75) is 6.42 Å². The molecule has 0 saturated heterocycles. The molecule has 2 N–H and O–H groups in total. The van der Waals surface area contributed by atoms with Gasteiger partial charge in [0.1, 0.15) is 11.6 Å². The Morgan fingerprint density at radius 1 is 1.41 bits per heavy atom. The number of anilines is 1. The standard InChI is InChI=1S/C12H11BrFNOS/c13-9-6-12(11(15)7-10(9)14)16-4-3-8-2-1-5-17-8/h1-2,5-7H,3-4,15H2. The summed E-state index contributed by atoms with van der Waals surface area (Å²) in [6.45, 7) is 0.531. The maximum atomic E-state index is 13.1. The van der Waals surface area contributed by atoms with Crippen molar-refractivity contribution in [2.75, 3.05) is 12.3 Å². The van der Waals surface area contributed by atoms with Crippen LogP contribution in [0.25, 0.3) is 0 Å². The Kier molecular flexibility index (Phi) is 4.02. The van der Waals surface area contributed by atoms with Crippen LogP contribution in [0.4, 0.5) is 10.1 Å². The molecule has 2 aromatic rings. The second-order valence-corrected chi connectivity index (χ2v) is 5.37. The number of nitrogens with two attached hydrogens (primary N) is 1. The summed E-state index contributed by atoms with van der Waals surface area (Å²) in [5, 5.41) is 2.03. The van der Waals surface area contributed by atoms with Crippen LogP contribution in [-0.2, 0) is 6.42 Å². The molecule has 0 bridgehead atoms. The van der Waals surface area contributed by atoms with Crippen LogP contribution in [0.15, 0.2) is 34.1 Å². The molecule has 0 radical (unpaired) electrons. The van der Waals surface area contributed by atoms with Crippen LogP contribution in [-0.4, -0.2) is 6.61 Å². The Labute approximate surface area is 111 Å². The minimum atomic E-state index is -0.381. The van der Waals surface area contributed by atoms with Gasteiger partial charge in [0, 0.05) is 17.4 Å². The quantitative estimate of drug-likeness (QED) is 0.870. The Bertz CT molecular complexity index is 501. The molecule has 0 saturated carbocycles. The number of halogens is 2. The number of ether oxygens (including phenoxy) is 1. The summed E-state index contributed by atoms with van der Waals surface area (Å²) in [5.74, 6) is 0.128. The van der Waals surface area contributed by atoms with Crippen LogP contribution in [0.2, 0.25) is 0 Å². The van der Waals surface area contributed by atoms with Crippen LogP contribution in [0.5, 0.6) is 5.75 Å². The smallest absolute Gasteiger partial charge is 0.143 e. The molecule has 0 fully saturated rings. The molecule has 90 valence electrons. The molecule has 17 heavy (non-hydrogen) atoms. The lowest BCUT2D eigenvalue weighted by Crippen LogP contribution is -2.03. The van der Waals surface area contributed by atoms with Gasteiger partial charge >= 0.3 is 0 Å². The van der Waals surface area contributed by atoms with Crippen molar-refractivity contribution in [2.24, 2.45) is 0 Å². The van der Waals surface area contributed by atoms with E-state index in [1.54, 1.807) is 17.4 Å². The first-order valence-corrected chi connectivity index (χ1v) is 6.74. The van der Waals surface area contributed by atoms with Crippen LogP contribution in [0, 0.1) is 5.82 Å². The fourth-order valence-corrected chi connectivity index (χ4v) is 2.40. The van der Waals surface area contributed by atoms with Gasteiger partial charge in [-0.2, -0.15) is 0 Å².